The van der Waals surface area contributed by atoms with E-state index in [2.05, 4.69) is 35.5 Å². The number of benzene rings is 2. The van der Waals surface area contributed by atoms with E-state index in [1.54, 1.807) is 42.7 Å². The van der Waals surface area contributed by atoms with Gasteiger partial charge in [-0.15, -0.1) is 0 Å². The Morgan fingerprint density at radius 3 is 2.47 bits per heavy atom. The van der Waals surface area contributed by atoms with Gasteiger partial charge in [0.1, 0.15) is 5.82 Å². The van der Waals surface area contributed by atoms with Gasteiger partial charge in [-0.1, -0.05) is 36.4 Å². The summed E-state index contributed by atoms with van der Waals surface area (Å²) in [6.45, 7) is 4.25. The van der Waals surface area contributed by atoms with Crippen LogP contribution in [0.15, 0.2) is 85.2 Å². The molecule has 0 bridgehead atoms. The lowest BCUT2D eigenvalue weighted by molar-refractivity contribution is -0.131. The molecule has 1 N–H and O–H groups in total. The van der Waals surface area contributed by atoms with Crippen LogP contribution in [0.3, 0.4) is 0 Å². The Balaban J connectivity index is 1.76. The molecule has 2 aromatic heterocycles. The highest BCUT2D eigenvalue weighted by Gasteiger charge is 2.24. The molecular weight excluding hydrogens is 455 g/mol. The van der Waals surface area contributed by atoms with Gasteiger partial charge in [0, 0.05) is 58.2 Å². The molecule has 0 aliphatic rings. The standard InChI is InChI=1S/C30H29FN2O3/c1-20(2)33-26-10-4-3-9-25(26)29(21-12-15-24(31)16-13-21)27(33)17-14-22(7-5-11-28(34)35)30(36)23-8-6-18-32-19-23/h3-6,8-13,15-16,18-20,22H,7,14,17H2,1-2H3,(H,34,35). The van der Waals surface area contributed by atoms with Crippen molar-refractivity contribution >= 4 is 22.7 Å². The number of carboxylic acids is 1. The summed E-state index contributed by atoms with van der Waals surface area (Å²) in [6, 6.07) is 18.3. The largest absolute Gasteiger partial charge is 0.478 e. The molecule has 184 valence electrons. The third kappa shape index (κ3) is 5.43. The van der Waals surface area contributed by atoms with E-state index < -0.39 is 11.9 Å². The molecule has 4 aromatic rings. The zero-order chi connectivity index (χ0) is 25.7. The quantitative estimate of drug-likeness (QED) is 0.197. The Kier molecular flexibility index (Phi) is 7.74. The Morgan fingerprint density at radius 1 is 1.06 bits per heavy atom. The summed E-state index contributed by atoms with van der Waals surface area (Å²) in [6.07, 6.45) is 7.22. The van der Waals surface area contributed by atoms with Crippen LogP contribution in [0.5, 0.6) is 0 Å². The van der Waals surface area contributed by atoms with Crippen LogP contribution in [-0.4, -0.2) is 26.4 Å². The lowest BCUT2D eigenvalue weighted by Crippen LogP contribution is -2.17. The number of carboxylic acid groups (broad SMARTS) is 1. The minimum atomic E-state index is -1.04. The molecule has 5 nitrogen and oxygen atoms in total. The first kappa shape index (κ1) is 25.0. The number of aromatic nitrogens is 2. The third-order valence-electron chi connectivity index (χ3n) is 6.39. The van der Waals surface area contributed by atoms with Crippen molar-refractivity contribution in [3.8, 4) is 11.1 Å². The first-order valence-electron chi connectivity index (χ1n) is 12.1. The fraction of sp³-hybridized carbons (Fsp3) is 0.233. The van der Waals surface area contributed by atoms with Crippen molar-refractivity contribution in [2.45, 2.75) is 39.2 Å². The van der Waals surface area contributed by atoms with Crippen LogP contribution in [0, 0.1) is 11.7 Å². The number of nitrogens with zero attached hydrogens (tertiary/aromatic N) is 2. The Bertz CT molecular complexity index is 1390. The topological polar surface area (TPSA) is 72.2 Å². The smallest absolute Gasteiger partial charge is 0.327 e. The van der Waals surface area contributed by atoms with Crippen LogP contribution in [0.4, 0.5) is 4.39 Å². The number of para-hydroxylation sites is 1. The minimum absolute atomic E-state index is 0.0614. The molecule has 0 aliphatic carbocycles. The average Bonchev–Trinajstić information content (AvgIpc) is 3.21. The minimum Gasteiger partial charge on any atom is -0.478 e. The molecule has 0 spiro atoms. The zero-order valence-electron chi connectivity index (χ0n) is 20.4. The maximum atomic E-state index is 13.7. The first-order valence-corrected chi connectivity index (χ1v) is 12.1. The van der Waals surface area contributed by atoms with E-state index in [0.717, 1.165) is 33.8 Å². The number of ketones is 1. The van der Waals surface area contributed by atoms with Crippen molar-refractivity contribution in [3.05, 3.63) is 102 Å². The monoisotopic (exact) mass is 484 g/mol. The second-order valence-electron chi connectivity index (χ2n) is 9.13. The van der Waals surface area contributed by atoms with E-state index in [0.29, 0.717) is 24.8 Å². The second-order valence-corrected chi connectivity index (χ2v) is 9.13. The number of allylic oxidation sites excluding steroid dienone is 1. The molecule has 1 atom stereocenters. The van der Waals surface area contributed by atoms with Crippen molar-refractivity contribution in [1.29, 1.82) is 0 Å². The Morgan fingerprint density at radius 2 is 1.81 bits per heavy atom. The molecule has 0 aliphatic heterocycles. The number of carbonyl (C=O) groups is 2. The van der Waals surface area contributed by atoms with E-state index in [9.17, 15) is 14.0 Å². The molecule has 0 saturated heterocycles. The molecule has 0 saturated carbocycles. The number of fused-ring (bicyclic) bond motifs is 1. The summed E-state index contributed by atoms with van der Waals surface area (Å²) >= 11 is 0. The van der Waals surface area contributed by atoms with Crippen molar-refractivity contribution in [2.24, 2.45) is 5.92 Å². The predicted octanol–water partition coefficient (Wildman–Crippen LogP) is 6.89. The number of rotatable bonds is 10. The number of hydrogen-bond donors (Lipinski definition) is 1. The Hall–Kier alpha value is -4.06. The molecule has 2 aromatic carbocycles. The van der Waals surface area contributed by atoms with E-state index in [1.807, 2.05) is 12.1 Å². The van der Waals surface area contributed by atoms with Gasteiger partial charge in [-0.05, 0) is 69.0 Å². The van der Waals surface area contributed by atoms with Crippen molar-refractivity contribution in [3.63, 3.8) is 0 Å². The number of aliphatic carboxylic acids is 1. The normalized spacial score (nSPS) is 12.4. The van der Waals surface area contributed by atoms with Crippen molar-refractivity contribution < 1.29 is 19.1 Å². The van der Waals surface area contributed by atoms with Gasteiger partial charge < -0.3 is 9.67 Å². The van der Waals surface area contributed by atoms with Crippen LogP contribution in [0.2, 0.25) is 0 Å². The number of pyridine rings is 1. The summed E-state index contributed by atoms with van der Waals surface area (Å²) in [5.41, 5.74) is 4.62. The van der Waals surface area contributed by atoms with Crippen LogP contribution in [0.25, 0.3) is 22.0 Å². The lowest BCUT2D eigenvalue weighted by atomic mass is 9.89. The number of hydrogen-bond acceptors (Lipinski definition) is 3. The van der Waals surface area contributed by atoms with Crippen molar-refractivity contribution in [2.75, 3.05) is 0 Å². The highest BCUT2D eigenvalue weighted by atomic mass is 19.1. The average molecular weight is 485 g/mol. The first-order chi connectivity index (χ1) is 17.4. The molecular formula is C30H29FN2O3. The summed E-state index contributed by atoms with van der Waals surface area (Å²) in [5, 5.41) is 10.1. The van der Waals surface area contributed by atoms with Gasteiger partial charge in [0.2, 0.25) is 0 Å². The molecule has 0 amide bonds. The molecule has 2 heterocycles. The van der Waals surface area contributed by atoms with Gasteiger partial charge in [0.15, 0.2) is 5.78 Å². The summed E-state index contributed by atoms with van der Waals surface area (Å²) in [5.74, 6) is -1.81. The van der Waals surface area contributed by atoms with Gasteiger partial charge in [-0.2, -0.15) is 0 Å². The number of Topliss-reactive ketones (excluding diaryl/α,β-unsaturated/α-hetero) is 1. The number of halogens is 1. The van der Waals surface area contributed by atoms with Gasteiger partial charge in [0.05, 0.1) is 0 Å². The van der Waals surface area contributed by atoms with Gasteiger partial charge in [-0.3, -0.25) is 9.78 Å². The Labute approximate surface area is 209 Å². The fourth-order valence-corrected chi connectivity index (χ4v) is 4.83. The highest BCUT2D eigenvalue weighted by Crippen LogP contribution is 2.38. The third-order valence-corrected chi connectivity index (χ3v) is 6.39. The molecule has 4 rings (SSSR count). The molecule has 36 heavy (non-hydrogen) atoms. The fourth-order valence-electron chi connectivity index (χ4n) is 4.83. The van der Waals surface area contributed by atoms with Gasteiger partial charge in [-0.25, -0.2) is 9.18 Å². The van der Waals surface area contributed by atoms with E-state index in [1.165, 1.54) is 12.1 Å². The molecule has 0 fully saturated rings. The summed E-state index contributed by atoms with van der Waals surface area (Å²) in [7, 11) is 0. The van der Waals surface area contributed by atoms with Crippen LogP contribution < -0.4 is 0 Å². The van der Waals surface area contributed by atoms with Crippen LogP contribution >= 0.6 is 0 Å². The lowest BCUT2D eigenvalue weighted by Gasteiger charge is -2.19. The maximum Gasteiger partial charge on any atom is 0.327 e. The SMILES string of the molecule is CC(C)n1c(CCC(CC=CC(=O)O)C(=O)c2cccnc2)c(-c2ccc(F)cc2)c2ccccc21. The summed E-state index contributed by atoms with van der Waals surface area (Å²) < 4.78 is 16.0. The van der Waals surface area contributed by atoms with Crippen LogP contribution in [-0.2, 0) is 11.2 Å². The van der Waals surface area contributed by atoms with Crippen molar-refractivity contribution in [1.82, 2.24) is 9.55 Å². The predicted molar refractivity (Wildman–Crippen MR) is 139 cm³/mol. The van der Waals surface area contributed by atoms with E-state index in [-0.39, 0.29) is 17.6 Å². The second kappa shape index (κ2) is 11.1. The zero-order valence-corrected chi connectivity index (χ0v) is 20.4. The van der Waals surface area contributed by atoms with E-state index >= 15 is 0 Å². The molecule has 6 heteroatoms. The van der Waals surface area contributed by atoms with E-state index in [4.69, 9.17) is 5.11 Å². The molecule has 0 radical (unpaired) electrons. The van der Waals surface area contributed by atoms with Gasteiger partial charge in [0.25, 0.3) is 0 Å². The highest BCUT2D eigenvalue weighted by molar-refractivity contribution is 5.99. The van der Waals surface area contributed by atoms with Crippen LogP contribution in [0.1, 0.15) is 48.8 Å². The number of carbonyl (C=O) groups excluding carboxylic acids is 1. The maximum absolute atomic E-state index is 13.7. The molecule has 1 unspecified atom stereocenters. The van der Waals surface area contributed by atoms with Gasteiger partial charge >= 0.3 is 5.97 Å². The summed E-state index contributed by atoms with van der Waals surface area (Å²) in [4.78, 5) is 28.5.